The molecule has 0 saturated carbocycles. The molecule has 1 atom stereocenters. The van der Waals surface area contributed by atoms with Crippen LogP contribution in [0.5, 0.6) is 17.2 Å². The fourth-order valence-electron chi connectivity index (χ4n) is 3.02. The van der Waals surface area contributed by atoms with Crippen LogP contribution in [0.25, 0.3) is 0 Å². The number of nitrogens with one attached hydrogen (secondary N) is 1. The van der Waals surface area contributed by atoms with Crippen LogP contribution in [-0.4, -0.2) is 45.2 Å². The number of carbonyl (C=O) groups is 2. The lowest BCUT2D eigenvalue weighted by atomic mass is 10.2. The zero-order valence-corrected chi connectivity index (χ0v) is 15.6. The highest BCUT2D eigenvalue weighted by Gasteiger charge is 2.32. The van der Waals surface area contributed by atoms with Crippen LogP contribution in [0.4, 0.5) is 10.1 Å². The fraction of sp³-hybridized carbons (Fsp3) is 0.300. The van der Waals surface area contributed by atoms with E-state index < -0.39 is 11.7 Å². The van der Waals surface area contributed by atoms with Crippen molar-refractivity contribution in [3.05, 3.63) is 48.3 Å². The maximum atomic E-state index is 13.5. The van der Waals surface area contributed by atoms with Gasteiger partial charge in [-0.05, 0) is 24.3 Å². The number of anilines is 1. The standard InChI is InChI=1S/C20H21FN2O5/c1-26-17-8-7-14(10-18(17)27-2)23-11-13(9-20(23)25)22-19(24)12-28-16-6-4-3-5-15(16)21/h3-8,10,13H,9,11-12H2,1-2H3,(H,22,24)/t13-/m0/s1. The van der Waals surface area contributed by atoms with Crippen molar-refractivity contribution >= 4 is 17.5 Å². The zero-order valence-electron chi connectivity index (χ0n) is 15.6. The SMILES string of the molecule is COc1ccc(N2C[C@@H](NC(=O)COc3ccccc3F)CC2=O)cc1OC. The second-order valence-electron chi connectivity index (χ2n) is 6.23. The Hall–Kier alpha value is -3.29. The third kappa shape index (κ3) is 4.33. The predicted molar refractivity (Wildman–Crippen MR) is 100 cm³/mol. The van der Waals surface area contributed by atoms with Crippen molar-refractivity contribution in [2.24, 2.45) is 0 Å². The van der Waals surface area contributed by atoms with E-state index in [0.29, 0.717) is 23.7 Å². The van der Waals surface area contributed by atoms with Gasteiger partial charge in [0.2, 0.25) is 5.91 Å². The molecular weight excluding hydrogens is 367 g/mol. The van der Waals surface area contributed by atoms with Crippen molar-refractivity contribution in [2.45, 2.75) is 12.5 Å². The first-order valence-electron chi connectivity index (χ1n) is 8.71. The van der Waals surface area contributed by atoms with Crippen LogP contribution in [0.1, 0.15) is 6.42 Å². The molecule has 1 fully saturated rings. The molecule has 0 aliphatic carbocycles. The Balaban J connectivity index is 1.58. The van der Waals surface area contributed by atoms with Crippen molar-refractivity contribution in [1.29, 1.82) is 0 Å². The van der Waals surface area contributed by atoms with Crippen molar-refractivity contribution in [3.8, 4) is 17.2 Å². The van der Waals surface area contributed by atoms with E-state index in [9.17, 15) is 14.0 Å². The van der Waals surface area contributed by atoms with Crippen LogP contribution >= 0.6 is 0 Å². The average Bonchev–Trinajstić information content (AvgIpc) is 3.06. The van der Waals surface area contributed by atoms with Crippen molar-refractivity contribution in [3.63, 3.8) is 0 Å². The number of benzene rings is 2. The van der Waals surface area contributed by atoms with Crippen molar-refractivity contribution in [2.75, 3.05) is 32.3 Å². The Bertz CT molecular complexity index is 873. The number of para-hydroxylation sites is 1. The normalized spacial score (nSPS) is 16.0. The summed E-state index contributed by atoms with van der Waals surface area (Å²) in [6, 6.07) is 10.7. The van der Waals surface area contributed by atoms with Gasteiger partial charge in [-0.15, -0.1) is 0 Å². The summed E-state index contributed by atoms with van der Waals surface area (Å²) in [6.45, 7) is -0.0122. The van der Waals surface area contributed by atoms with Crippen LogP contribution in [0, 0.1) is 5.82 Å². The van der Waals surface area contributed by atoms with Gasteiger partial charge < -0.3 is 24.4 Å². The van der Waals surface area contributed by atoms with E-state index in [1.165, 1.54) is 32.4 Å². The molecule has 1 saturated heterocycles. The van der Waals surface area contributed by atoms with E-state index in [-0.39, 0.29) is 30.7 Å². The number of rotatable bonds is 7. The van der Waals surface area contributed by atoms with E-state index in [4.69, 9.17) is 14.2 Å². The molecule has 0 unspecified atom stereocenters. The number of methoxy groups -OCH3 is 2. The lowest BCUT2D eigenvalue weighted by Gasteiger charge is -2.19. The summed E-state index contributed by atoms with van der Waals surface area (Å²) < 4.78 is 29.2. The maximum absolute atomic E-state index is 13.5. The first-order chi connectivity index (χ1) is 13.5. The summed E-state index contributed by atoms with van der Waals surface area (Å²) in [4.78, 5) is 26.0. The van der Waals surface area contributed by atoms with E-state index in [1.807, 2.05) is 0 Å². The topological polar surface area (TPSA) is 77.1 Å². The molecule has 1 N–H and O–H groups in total. The lowest BCUT2D eigenvalue weighted by Crippen LogP contribution is -2.39. The minimum atomic E-state index is -0.536. The summed E-state index contributed by atoms with van der Waals surface area (Å²) in [5, 5.41) is 2.75. The molecule has 1 aliphatic heterocycles. The van der Waals surface area contributed by atoms with Gasteiger partial charge in [0.15, 0.2) is 29.7 Å². The highest BCUT2D eigenvalue weighted by atomic mass is 19.1. The Labute approximate surface area is 162 Å². The number of ether oxygens (including phenoxy) is 3. The maximum Gasteiger partial charge on any atom is 0.258 e. The molecule has 0 radical (unpaired) electrons. The largest absolute Gasteiger partial charge is 0.493 e. The van der Waals surface area contributed by atoms with Crippen LogP contribution in [-0.2, 0) is 9.59 Å². The molecule has 28 heavy (non-hydrogen) atoms. The Kier molecular flexibility index (Phi) is 5.98. The molecular formula is C20H21FN2O5. The molecule has 8 heteroatoms. The molecule has 0 bridgehead atoms. The zero-order chi connectivity index (χ0) is 20.1. The number of hydrogen-bond acceptors (Lipinski definition) is 5. The molecule has 148 valence electrons. The molecule has 0 aromatic heterocycles. The van der Waals surface area contributed by atoms with Gasteiger partial charge in [0.1, 0.15) is 0 Å². The Morgan fingerprint density at radius 3 is 2.61 bits per heavy atom. The van der Waals surface area contributed by atoms with Crippen LogP contribution in [0.15, 0.2) is 42.5 Å². The van der Waals surface area contributed by atoms with E-state index in [2.05, 4.69) is 5.32 Å². The van der Waals surface area contributed by atoms with Crippen molar-refractivity contribution in [1.82, 2.24) is 5.32 Å². The lowest BCUT2D eigenvalue weighted by molar-refractivity contribution is -0.123. The van der Waals surface area contributed by atoms with Gasteiger partial charge in [-0.2, -0.15) is 0 Å². The summed E-state index contributed by atoms with van der Waals surface area (Å²) in [5.74, 6) is 0.00690. The summed E-state index contributed by atoms with van der Waals surface area (Å²) in [6.07, 6.45) is 0.166. The van der Waals surface area contributed by atoms with Gasteiger partial charge in [0, 0.05) is 24.7 Å². The minimum Gasteiger partial charge on any atom is -0.493 e. The molecule has 1 aliphatic rings. The van der Waals surface area contributed by atoms with Gasteiger partial charge in [0.25, 0.3) is 5.91 Å². The summed E-state index contributed by atoms with van der Waals surface area (Å²) in [7, 11) is 3.06. The average molecular weight is 388 g/mol. The molecule has 2 amide bonds. The second-order valence-corrected chi connectivity index (χ2v) is 6.23. The Morgan fingerprint density at radius 1 is 1.14 bits per heavy atom. The first kappa shape index (κ1) is 19.5. The van der Waals surface area contributed by atoms with E-state index in [0.717, 1.165) is 0 Å². The minimum absolute atomic E-state index is 0.00658. The van der Waals surface area contributed by atoms with Crippen molar-refractivity contribution < 1.29 is 28.2 Å². The third-order valence-electron chi connectivity index (χ3n) is 4.36. The third-order valence-corrected chi connectivity index (χ3v) is 4.36. The smallest absolute Gasteiger partial charge is 0.258 e. The van der Waals surface area contributed by atoms with Gasteiger partial charge in [-0.1, -0.05) is 12.1 Å². The van der Waals surface area contributed by atoms with E-state index in [1.54, 1.807) is 29.2 Å². The second kappa shape index (κ2) is 8.60. The highest BCUT2D eigenvalue weighted by Crippen LogP contribution is 2.33. The molecule has 7 nitrogen and oxygen atoms in total. The number of halogens is 1. The molecule has 2 aromatic carbocycles. The van der Waals surface area contributed by atoms with Crippen LogP contribution in [0.3, 0.4) is 0 Å². The van der Waals surface area contributed by atoms with Gasteiger partial charge in [0.05, 0.1) is 20.3 Å². The van der Waals surface area contributed by atoms with Crippen LogP contribution in [0.2, 0.25) is 0 Å². The quantitative estimate of drug-likeness (QED) is 0.787. The van der Waals surface area contributed by atoms with Gasteiger partial charge >= 0.3 is 0 Å². The molecule has 3 rings (SSSR count). The number of hydrogen-bond donors (Lipinski definition) is 1. The Morgan fingerprint density at radius 2 is 1.89 bits per heavy atom. The molecule has 2 aromatic rings. The first-order valence-corrected chi connectivity index (χ1v) is 8.71. The predicted octanol–water partition coefficient (Wildman–Crippen LogP) is 2.14. The number of carbonyl (C=O) groups excluding carboxylic acids is 2. The number of nitrogens with zero attached hydrogens (tertiary/aromatic N) is 1. The molecule has 0 spiro atoms. The fourth-order valence-corrected chi connectivity index (χ4v) is 3.02. The van der Waals surface area contributed by atoms with Gasteiger partial charge in [-0.25, -0.2) is 4.39 Å². The monoisotopic (exact) mass is 388 g/mol. The summed E-state index contributed by atoms with van der Waals surface area (Å²) >= 11 is 0. The van der Waals surface area contributed by atoms with E-state index >= 15 is 0 Å². The molecule has 1 heterocycles. The summed E-state index contributed by atoms with van der Waals surface area (Å²) in [5.41, 5.74) is 0.655. The van der Waals surface area contributed by atoms with Gasteiger partial charge in [-0.3, -0.25) is 9.59 Å². The number of amides is 2. The van der Waals surface area contributed by atoms with Crippen LogP contribution < -0.4 is 24.4 Å². The highest BCUT2D eigenvalue weighted by molar-refractivity contribution is 5.97.